The molecule has 0 aliphatic rings. The molecular weight excluding hydrogens is 483 g/mol. The number of halogens is 5. The molecule has 0 bridgehead atoms. The summed E-state index contributed by atoms with van der Waals surface area (Å²) in [5.74, 6) is -2.92. The van der Waals surface area contributed by atoms with Crippen molar-refractivity contribution in [1.82, 2.24) is 0 Å². The molecule has 0 radical (unpaired) electrons. The molecule has 16 heavy (non-hydrogen) atoms. The molecule has 0 saturated heterocycles. The molecule has 0 aromatic carbocycles. The van der Waals surface area contributed by atoms with Crippen molar-refractivity contribution in [3.8, 4) is 0 Å². The Bertz CT molecular complexity index is 352. The van der Waals surface area contributed by atoms with Crippen LogP contribution in [0, 0.1) is 0 Å². The van der Waals surface area contributed by atoms with Gasteiger partial charge in [-0.25, -0.2) is 0 Å². The van der Waals surface area contributed by atoms with Crippen LogP contribution in [0.5, 0.6) is 0 Å². The molecule has 1 atom stereocenters. The van der Waals surface area contributed by atoms with Gasteiger partial charge in [0.15, 0.2) is 1.93 Å². The highest BCUT2D eigenvalue weighted by atomic mass is 127. The second-order valence-electron chi connectivity index (χ2n) is 2.52. The molecule has 0 rings (SSSR count). The molecule has 1 N–H and O–H groups in total. The van der Waals surface area contributed by atoms with Crippen LogP contribution in [0.25, 0.3) is 0 Å². The van der Waals surface area contributed by atoms with Gasteiger partial charge in [0.05, 0.1) is 0 Å². The molecule has 0 aliphatic heterocycles. The van der Waals surface area contributed by atoms with E-state index in [2.05, 4.69) is 4.74 Å². The average molecular weight is 488 g/mol. The first-order valence-electron chi connectivity index (χ1n) is 3.44. The van der Waals surface area contributed by atoms with E-state index in [1.54, 1.807) is 0 Å². The molecule has 0 aromatic heterocycles. The van der Waals surface area contributed by atoms with Crippen LogP contribution in [-0.4, -0.2) is 38.9 Å². The second-order valence-corrected chi connectivity index (χ2v) is 8.89. The van der Waals surface area contributed by atoms with Crippen molar-refractivity contribution in [2.24, 2.45) is 0 Å². The second kappa shape index (κ2) is 5.99. The van der Waals surface area contributed by atoms with Crippen LogP contribution in [0.4, 0.5) is 13.2 Å². The lowest BCUT2D eigenvalue weighted by Gasteiger charge is -2.19. The molecule has 1 unspecified atom stereocenters. The van der Waals surface area contributed by atoms with E-state index in [9.17, 15) is 26.4 Å². The van der Waals surface area contributed by atoms with E-state index in [1.807, 2.05) is 0 Å². The minimum atomic E-state index is -5.05. The Balaban J connectivity index is 4.78. The third kappa shape index (κ3) is 7.05. The maximum absolute atomic E-state index is 12.2. The van der Waals surface area contributed by atoms with Gasteiger partial charge in [0, 0.05) is 0 Å². The summed E-state index contributed by atoms with van der Waals surface area (Å²) in [4.78, 5) is 10.9. The SMILES string of the molecule is O=C(OC(CS(=O)(=O)O)C(F)(F)F)C(I)I. The highest BCUT2D eigenvalue weighted by Gasteiger charge is 2.45. The number of rotatable bonds is 4. The Hall–Kier alpha value is 0.630. The summed E-state index contributed by atoms with van der Waals surface area (Å²) < 4.78 is 68.6. The van der Waals surface area contributed by atoms with E-state index in [-0.39, 0.29) is 0 Å². The molecule has 0 aliphatic carbocycles. The standard InChI is InChI=1S/C5H5F3I2O5S/c6-5(7,8)2(1-16(12,13)14)15-4(11)3(9)10/h2-3H,1H2,(H,12,13,14). The monoisotopic (exact) mass is 488 g/mol. The largest absolute Gasteiger partial charge is 0.450 e. The Labute approximate surface area is 116 Å². The predicted molar refractivity (Wildman–Crippen MR) is 64.2 cm³/mol. The third-order valence-corrected chi connectivity index (χ3v) is 2.90. The van der Waals surface area contributed by atoms with Crippen LogP contribution in [0.3, 0.4) is 0 Å². The van der Waals surface area contributed by atoms with Crippen molar-refractivity contribution in [2.45, 2.75) is 14.2 Å². The van der Waals surface area contributed by atoms with Gasteiger partial charge in [-0.1, -0.05) is 45.2 Å². The van der Waals surface area contributed by atoms with Gasteiger partial charge in [-0.05, 0) is 0 Å². The molecule has 0 aromatic rings. The Kier molecular flexibility index (Phi) is 6.23. The van der Waals surface area contributed by atoms with Crippen molar-refractivity contribution >= 4 is 61.3 Å². The minimum Gasteiger partial charge on any atom is -0.450 e. The number of hydrogen-bond donors (Lipinski definition) is 1. The van der Waals surface area contributed by atoms with Crippen LogP contribution in [0.2, 0.25) is 0 Å². The van der Waals surface area contributed by atoms with Crippen LogP contribution >= 0.6 is 45.2 Å². The molecule has 0 saturated carbocycles. The number of esters is 1. The van der Waals surface area contributed by atoms with Gasteiger partial charge in [0.25, 0.3) is 10.1 Å². The number of ether oxygens (including phenoxy) is 1. The average Bonchev–Trinajstić information content (AvgIpc) is 1.98. The lowest BCUT2D eigenvalue weighted by atomic mass is 10.4. The maximum atomic E-state index is 12.2. The number of alkyl halides is 5. The first-order valence-corrected chi connectivity index (χ1v) is 7.54. The summed E-state index contributed by atoms with van der Waals surface area (Å²) in [6.07, 6.45) is -7.91. The highest BCUT2D eigenvalue weighted by molar-refractivity contribution is 14.2. The topological polar surface area (TPSA) is 80.7 Å². The van der Waals surface area contributed by atoms with E-state index in [0.29, 0.717) is 0 Å². The fourth-order valence-corrected chi connectivity index (χ4v) is 1.51. The molecule has 0 amide bonds. The Morgan fingerprint density at radius 3 is 2.06 bits per heavy atom. The molecule has 5 nitrogen and oxygen atoms in total. The predicted octanol–water partition coefficient (Wildman–Crippen LogP) is 1.54. The molecule has 0 spiro atoms. The van der Waals surface area contributed by atoms with E-state index in [0.717, 1.165) is 0 Å². The lowest BCUT2D eigenvalue weighted by molar-refractivity contribution is -0.213. The third-order valence-electron chi connectivity index (χ3n) is 1.16. The summed E-state index contributed by atoms with van der Waals surface area (Å²) in [6, 6.07) is 0. The smallest absolute Gasteiger partial charge is 0.426 e. The first-order chi connectivity index (χ1) is 6.93. The maximum Gasteiger partial charge on any atom is 0.426 e. The highest BCUT2D eigenvalue weighted by Crippen LogP contribution is 2.25. The number of carbonyl (C=O) groups is 1. The normalized spacial score (nSPS) is 14.9. The zero-order valence-corrected chi connectivity index (χ0v) is 12.4. The van der Waals surface area contributed by atoms with E-state index in [4.69, 9.17) is 4.55 Å². The summed E-state index contributed by atoms with van der Waals surface area (Å²) >= 11 is 3.00. The van der Waals surface area contributed by atoms with Crippen molar-refractivity contribution in [1.29, 1.82) is 0 Å². The molecule has 0 fully saturated rings. The zero-order chi connectivity index (χ0) is 13.1. The molecule has 11 heteroatoms. The number of carbonyl (C=O) groups excluding carboxylic acids is 1. The van der Waals surface area contributed by atoms with Crippen LogP contribution in [-0.2, 0) is 19.6 Å². The van der Waals surface area contributed by atoms with Gasteiger partial charge in [0.2, 0.25) is 6.10 Å². The summed E-state index contributed by atoms with van der Waals surface area (Å²) in [5.41, 5.74) is 0. The first kappa shape index (κ1) is 16.6. The Morgan fingerprint density at radius 2 is 1.81 bits per heavy atom. The van der Waals surface area contributed by atoms with Gasteiger partial charge in [-0.15, -0.1) is 0 Å². The van der Waals surface area contributed by atoms with Crippen molar-refractivity contribution in [3.63, 3.8) is 0 Å². The summed E-state index contributed by atoms with van der Waals surface area (Å²) in [5, 5.41) is 0. The quantitative estimate of drug-likeness (QED) is 0.282. The van der Waals surface area contributed by atoms with Crippen LogP contribution in [0.1, 0.15) is 0 Å². The fourth-order valence-electron chi connectivity index (χ4n) is 0.578. The van der Waals surface area contributed by atoms with E-state index in [1.165, 1.54) is 45.2 Å². The molecule has 0 heterocycles. The lowest BCUT2D eigenvalue weighted by Crippen LogP contribution is -2.40. The molecular formula is C5H5F3I2O5S. The summed E-state index contributed by atoms with van der Waals surface area (Å²) in [7, 11) is -4.88. The van der Waals surface area contributed by atoms with Gasteiger partial charge in [0.1, 0.15) is 5.75 Å². The Morgan fingerprint density at radius 1 is 1.38 bits per heavy atom. The zero-order valence-electron chi connectivity index (χ0n) is 7.24. The number of hydrogen-bond acceptors (Lipinski definition) is 4. The van der Waals surface area contributed by atoms with Crippen molar-refractivity contribution < 1.29 is 35.7 Å². The van der Waals surface area contributed by atoms with E-state index >= 15 is 0 Å². The van der Waals surface area contributed by atoms with Crippen LogP contribution < -0.4 is 0 Å². The van der Waals surface area contributed by atoms with Gasteiger partial charge < -0.3 is 4.74 Å². The van der Waals surface area contributed by atoms with Crippen LogP contribution in [0.15, 0.2) is 0 Å². The van der Waals surface area contributed by atoms with Gasteiger partial charge in [-0.2, -0.15) is 21.6 Å². The fraction of sp³-hybridized carbons (Fsp3) is 0.800. The van der Waals surface area contributed by atoms with Crippen molar-refractivity contribution in [3.05, 3.63) is 0 Å². The van der Waals surface area contributed by atoms with Gasteiger partial charge in [-0.3, -0.25) is 9.35 Å². The summed E-state index contributed by atoms with van der Waals surface area (Å²) in [6.45, 7) is 0. The van der Waals surface area contributed by atoms with Crippen molar-refractivity contribution in [2.75, 3.05) is 5.75 Å². The van der Waals surface area contributed by atoms with E-state index < -0.39 is 36.1 Å². The van der Waals surface area contributed by atoms with Gasteiger partial charge >= 0.3 is 12.1 Å². The minimum absolute atomic E-state index is 0.888. The molecule has 96 valence electrons.